The minimum Gasteiger partial charge on any atom is -0.353 e. The third kappa shape index (κ3) is 6.15. The van der Waals surface area contributed by atoms with E-state index in [-0.39, 0.29) is 22.9 Å². The van der Waals surface area contributed by atoms with E-state index in [1.807, 2.05) is 24.3 Å². The van der Waals surface area contributed by atoms with E-state index in [1.54, 1.807) is 10.4 Å². The van der Waals surface area contributed by atoms with E-state index >= 15 is 0 Å². The molecule has 4 heterocycles. The summed E-state index contributed by atoms with van der Waals surface area (Å²) in [6.45, 7) is 16.3. The monoisotopic (exact) mass is 569 g/mol. The molecule has 1 saturated heterocycles. The molecule has 2 aliphatic rings. The minimum atomic E-state index is -0.133. The van der Waals surface area contributed by atoms with Crippen LogP contribution in [0.3, 0.4) is 0 Å². The van der Waals surface area contributed by atoms with Crippen molar-refractivity contribution in [3.8, 4) is 0 Å². The average molecular weight is 570 g/mol. The van der Waals surface area contributed by atoms with Crippen molar-refractivity contribution in [2.24, 2.45) is 5.92 Å². The highest BCUT2D eigenvalue weighted by Gasteiger charge is 2.41. The Morgan fingerprint density at radius 3 is 2.49 bits per heavy atom. The largest absolute Gasteiger partial charge is 0.353 e. The quantitative estimate of drug-likeness (QED) is 0.238. The number of rotatable bonds is 3. The molecule has 2 aliphatic heterocycles. The summed E-state index contributed by atoms with van der Waals surface area (Å²) in [7, 11) is 2.14. The van der Waals surface area contributed by atoms with Gasteiger partial charge in [0.15, 0.2) is 0 Å². The van der Waals surface area contributed by atoms with Crippen molar-refractivity contribution in [3.05, 3.63) is 90.1 Å². The number of hydrogen-bond acceptors (Lipinski definition) is 6. The molecule has 0 spiro atoms. The molecule has 3 aromatic rings. The van der Waals surface area contributed by atoms with Gasteiger partial charge in [-0.25, -0.2) is 9.97 Å². The predicted octanol–water partition coefficient (Wildman–Crippen LogP) is 7.69. The Morgan fingerprint density at radius 2 is 1.78 bits per heavy atom. The fourth-order valence-corrected chi connectivity index (χ4v) is 7.04. The third-order valence-corrected chi connectivity index (χ3v) is 9.33. The number of nitrogens with zero attached hydrogens (tertiary/aromatic N) is 5. The summed E-state index contributed by atoms with van der Waals surface area (Å²) in [4.78, 5) is 29.2. The lowest BCUT2D eigenvalue weighted by Gasteiger charge is -2.35. The van der Waals surface area contributed by atoms with E-state index in [0.717, 1.165) is 48.2 Å². The van der Waals surface area contributed by atoms with Crippen molar-refractivity contribution in [1.82, 2.24) is 14.3 Å². The predicted molar refractivity (Wildman–Crippen MR) is 171 cm³/mol. The van der Waals surface area contributed by atoms with Crippen LogP contribution in [0.1, 0.15) is 81.5 Å². The molecular weight excluding hydrogens is 526 g/mol. The molecule has 0 saturated carbocycles. The number of fused-ring (bicyclic) bond motifs is 6. The first-order chi connectivity index (χ1) is 19.5. The Hall–Kier alpha value is -3.32. The molecule has 2 atom stereocenters. The molecule has 1 fully saturated rings. The molecule has 0 radical (unpaired) electrons. The second-order valence-corrected chi connectivity index (χ2v) is 14.0. The zero-order valence-electron chi connectivity index (χ0n) is 25.3. The van der Waals surface area contributed by atoms with Gasteiger partial charge in [-0.1, -0.05) is 63.2 Å². The molecule has 4 bridgehead atoms. The van der Waals surface area contributed by atoms with Gasteiger partial charge in [-0.2, -0.15) is 0 Å². The summed E-state index contributed by atoms with van der Waals surface area (Å²) in [6.07, 6.45) is 4.90. The number of carbonyl (C=O) groups excluding carboxylic acids is 1. The average Bonchev–Trinajstić information content (AvgIpc) is 3.25. The van der Waals surface area contributed by atoms with Crippen molar-refractivity contribution in [3.63, 3.8) is 0 Å². The van der Waals surface area contributed by atoms with Gasteiger partial charge < -0.3 is 9.80 Å². The van der Waals surface area contributed by atoms with E-state index in [0.29, 0.717) is 18.0 Å². The van der Waals surface area contributed by atoms with Crippen molar-refractivity contribution >= 4 is 29.5 Å². The molecule has 0 N–H and O–H groups in total. The highest BCUT2D eigenvalue weighted by Crippen LogP contribution is 2.42. The van der Waals surface area contributed by atoms with Gasteiger partial charge in [-0.3, -0.25) is 9.10 Å². The van der Waals surface area contributed by atoms with Gasteiger partial charge in [0, 0.05) is 42.2 Å². The van der Waals surface area contributed by atoms with Crippen LogP contribution >= 0.6 is 11.9 Å². The van der Waals surface area contributed by atoms with Crippen molar-refractivity contribution in [2.45, 2.75) is 75.9 Å². The van der Waals surface area contributed by atoms with E-state index < -0.39 is 0 Å². The SMILES string of the molecule is C=CCN1Sc2cccc(n2)N(C)C(c2ccccc2)CCC2CN(c3nc(C(C)(C)C)ccc3C1=O)C(C)(C)C2. The molecule has 1 amide bonds. The van der Waals surface area contributed by atoms with Crippen LogP contribution in [-0.4, -0.2) is 45.9 Å². The molecule has 41 heavy (non-hydrogen) atoms. The smallest absolute Gasteiger partial charge is 0.268 e. The Balaban J connectivity index is 1.65. The maximum Gasteiger partial charge on any atom is 0.268 e. The zero-order valence-corrected chi connectivity index (χ0v) is 26.1. The van der Waals surface area contributed by atoms with Crippen molar-refractivity contribution in [1.29, 1.82) is 0 Å². The summed E-state index contributed by atoms with van der Waals surface area (Å²) in [6, 6.07) is 21.0. The van der Waals surface area contributed by atoms with Gasteiger partial charge >= 0.3 is 0 Å². The number of carbonyl (C=O) groups is 1. The second kappa shape index (κ2) is 11.5. The first kappa shape index (κ1) is 29.2. The van der Waals surface area contributed by atoms with Crippen LogP contribution < -0.4 is 9.80 Å². The first-order valence-electron chi connectivity index (χ1n) is 14.6. The Kier molecular flexibility index (Phi) is 8.20. The minimum absolute atomic E-state index is 0.0744. The van der Waals surface area contributed by atoms with Gasteiger partial charge in [0.05, 0.1) is 18.2 Å². The van der Waals surface area contributed by atoms with Gasteiger partial charge in [0.25, 0.3) is 5.91 Å². The molecule has 1 aromatic carbocycles. The van der Waals surface area contributed by atoms with Gasteiger partial charge in [-0.05, 0) is 68.9 Å². The second-order valence-electron chi connectivity index (χ2n) is 13.0. The number of aromatic nitrogens is 2. The topological polar surface area (TPSA) is 52.6 Å². The van der Waals surface area contributed by atoms with Crippen LogP contribution in [0.2, 0.25) is 0 Å². The molecule has 2 unspecified atom stereocenters. The lowest BCUT2D eigenvalue weighted by Crippen LogP contribution is -2.41. The maximum absolute atomic E-state index is 14.3. The highest BCUT2D eigenvalue weighted by atomic mass is 32.2. The van der Waals surface area contributed by atoms with E-state index in [1.165, 1.54) is 17.5 Å². The van der Waals surface area contributed by atoms with Crippen LogP contribution in [-0.2, 0) is 5.41 Å². The summed E-state index contributed by atoms with van der Waals surface area (Å²) in [5.41, 5.74) is 2.65. The Bertz CT molecular complexity index is 1400. The molecule has 216 valence electrons. The summed E-state index contributed by atoms with van der Waals surface area (Å²) < 4.78 is 1.76. The number of pyridine rings is 2. The van der Waals surface area contributed by atoms with Crippen LogP contribution in [0.15, 0.2) is 78.3 Å². The molecule has 6 nitrogen and oxygen atoms in total. The van der Waals surface area contributed by atoms with Gasteiger partial charge in [0.1, 0.15) is 16.7 Å². The van der Waals surface area contributed by atoms with E-state index in [9.17, 15) is 4.79 Å². The lowest BCUT2D eigenvalue weighted by molar-refractivity contribution is 0.0881. The van der Waals surface area contributed by atoms with Crippen LogP contribution in [0, 0.1) is 5.92 Å². The maximum atomic E-state index is 14.3. The van der Waals surface area contributed by atoms with Crippen molar-refractivity contribution < 1.29 is 4.79 Å². The fourth-order valence-electron chi connectivity index (χ4n) is 6.18. The lowest BCUT2D eigenvalue weighted by atomic mass is 9.90. The van der Waals surface area contributed by atoms with E-state index in [4.69, 9.17) is 9.97 Å². The van der Waals surface area contributed by atoms with Crippen molar-refractivity contribution in [2.75, 3.05) is 29.9 Å². The van der Waals surface area contributed by atoms with Gasteiger partial charge in [-0.15, -0.1) is 6.58 Å². The fraction of sp³-hybridized carbons (Fsp3) is 0.441. The van der Waals surface area contributed by atoms with Crippen LogP contribution in [0.25, 0.3) is 0 Å². The molecule has 7 heteroatoms. The molecule has 0 aliphatic carbocycles. The first-order valence-corrected chi connectivity index (χ1v) is 15.4. The summed E-state index contributed by atoms with van der Waals surface area (Å²) >= 11 is 1.36. The molecule has 2 aromatic heterocycles. The zero-order chi connectivity index (χ0) is 29.4. The highest BCUT2D eigenvalue weighted by molar-refractivity contribution is 7.97. The number of anilines is 2. The van der Waals surface area contributed by atoms with E-state index in [2.05, 4.69) is 94.4 Å². The third-order valence-electron chi connectivity index (χ3n) is 8.38. The summed E-state index contributed by atoms with van der Waals surface area (Å²) in [5, 5.41) is 0.772. The molecule has 5 rings (SSSR count). The normalized spacial score (nSPS) is 21.2. The van der Waals surface area contributed by atoms with Crippen LogP contribution in [0.4, 0.5) is 11.6 Å². The number of benzene rings is 1. The molecular formula is C34H43N5OS. The number of amides is 1. The van der Waals surface area contributed by atoms with Crippen LogP contribution in [0.5, 0.6) is 0 Å². The standard InChI is InChI=1S/C34H43N5OS/c1-8-21-39-32(40)26-18-20-28(33(2,3)4)35-31(26)38-23-24(22-34(38,5)6)17-19-27(25-13-10-9-11-14-25)37(7)29-15-12-16-30(36-29)41-39/h8-16,18,20,24,27H,1,17,19,21-23H2,2-7H3. The Morgan fingerprint density at radius 1 is 1.02 bits per heavy atom. The number of hydrogen-bond donors (Lipinski definition) is 0. The summed E-state index contributed by atoms with van der Waals surface area (Å²) in [5.74, 6) is 2.10. The van der Waals surface area contributed by atoms with Gasteiger partial charge in [0.2, 0.25) is 0 Å². The Labute approximate surface area is 250 Å².